The van der Waals surface area contributed by atoms with Gasteiger partial charge in [0.05, 0.1) is 6.26 Å². The van der Waals surface area contributed by atoms with Crippen LogP contribution in [0.1, 0.15) is 19.1 Å². The molecule has 1 aromatic heterocycles. The second-order valence-corrected chi connectivity index (χ2v) is 6.00. The molecule has 0 bridgehead atoms. The Hall–Kier alpha value is -2.00. The van der Waals surface area contributed by atoms with Crippen LogP contribution in [0.4, 0.5) is 4.79 Å². The van der Waals surface area contributed by atoms with E-state index in [9.17, 15) is 9.36 Å². The van der Waals surface area contributed by atoms with Gasteiger partial charge in [0.2, 0.25) is 0 Å². The van der Waals surface area contributed by atoms with Gasteiger partial charge in [0.15, 0.2) is 17.9 Å². The van der Waals surface area contributed by atoms with Gasteiger partial charge in [-0.3, -0.25) is 4.57 Å². The van der Waals surface area contributed by atoms with Crippen LogP contribution < -0.4 is 16.6 Å². The van der Waals surface area contributed by atoms with Crippen molar-refractivity contribution in [2.24, 2.45) is 15.7 Å². The number of furan rings is 1. The van der Waals surface area contributed by atoms with Crippen molar-refractivity contribution in [3.05, 3.63) is 18.1 Å². The molecule has 1 atom stereocenters. The Morgan fingerprint density at radius 1 is 1.50 bits per heavy atom. The lowest BCUT2D eigenvalue weighted by Crippen LogP contribution is -2.44. The summed E-state index contributed by atoms with van der Waals surface area (Å²) >= 11 is 0. The first kappa shape index (κ1) is 18.1. The number of aliphatic imine (C=N–C) groups is 2. The molecule has 22 heavy (non-hydrogen) atoms. The molecular formula is C11H17N4O6P. The average Bonchev–Trinajstić information content (AvgIpc) is 2.85. The van der Waals surface area contributed by atoms with E-state index in [1.54, 1.807) is 6.92 Å². The third-order valence-corrected chi connectivity index (χ3v) is 3.51. The highest BCUT2D eigenvalue weighted by atomic mass is 31.2. The van der Waals surface area contributed by atoms with Gasteiger partial charge in [-0.1, -0.05) is 6.92 Å². The largest absolute Gasteiger partial charge is 0.477 e. The summed E-state index contributed by atoms with van der Waals surface area (Å²) in [6.07, 6.45) is 2.17. The molecule has 0 aromatic carbocycles. The van der Waals surface area contributed by atoms with Gasteiger partial charge in [-0.15, -0.1) is 0 Å². The highest BCUT2D eigenvalue weighted by molar-refractivity contribution is 7.51. The molecule has 11 heteroatoms. The zero-order valence-electron chi connectivity index (χ0n) is 11.8. The third kappa shape index (κ3) is 3.42. The summed E-state index contributed by atoms with van der Waals surface area (Å²) in [4.78, 5) is 36.1. The first-order valence-electron chi connectivity index (χ1n) is 5.97. The van der Waals surface area contributed by atoms with Crippen molar-refractivity contribution in [1.29, 1.82) is 0 Å². The highest BCUT2D eigenvalue weighted by Crippen LogP contribution is 2.40. The Kier molecular flexibility index (Phi) is 5.26. The molecule has 0 aliphatic carbocycles. The monoisotopic (exact) mass is 332 g/mol. The van der Waals surface area contributed by atoms with E-state index in [0.717, 1.165) is 0 Å². The van der Waals surface area contributed by atoms with Gasteiger partial charge in [0, 0.05) is 12.3 Å². The van der Waals surface area contributed by atoms with Crippen molar-refractivity contribution < 1.29 is 28.3 Å². The Labute approximate surface area is 125 Å². The minimum absolute atomic E-state index is 0. The summed E-state index contributed by atoms with van der Waals surface area (Å²) in [5, 5.41) is 0. The Bertz CT molecular complexity index is 663. The summed E-state index contributed by atoms with van der Waals surface area (Å²) in [5.41, 5.74) is 4.74. The van der Waals surface area contributed by atoms with Gasteiger partial charge in [-0.2, -0.15) is 4.99 Å². The van der Waals surface area contributed by atoms with E-state index in [0.29, 0.717) is 6.42 Å². The molecule has 0 spiro atoms. The Morgan fingerprint density at radius 2 is 2.18 bits per heavy atom. The van der Waals surface area contributed by atoms with Crippen LogP contribution in [0, 0.1) is 0 Å². The number of nitrogens with two attached hydrogens (primary N) is 1. The molecule has 10 nitrogen and oxygen atoms in total. The summed E-state index contributed by atoms with van der Waals surface area (Å²) in [6.45, 7) is 1.78. The third-order valence-electron chi connectivity index (χ3n) is 3.05. The molecule has 1 unspecified atom stereocenters. The number of rotatable bonds is 5. The first-order valence-corrected chi connectivity index (χ1v) is 7.77. The van der Waals surface area contributed by atoms with E-state index in [1.807, 2.05) is 0 Å². The van der Waals surface area contributed by atoms with Crippen LogP contribution in [0.5, 0.6) is 5.75 Å². The van der Waals surface area contributed by atoms with Crippen molar-refractivity contribution >= 4 is 25.7 Å². The number of ether oxygens (including phenoxy) is 1. The lowest BCUT2D eigenvalue weighted by molar-refractivity contribution is 0.256. The van der Waals surface area contributed by atoms with Gasteiger partial charge in [0.25, 0.3) is 0 Å². The van der Waals surface area contributed by atoms with Crippen LogP contribution in [0.2, 0.25) is 0 Å². The van der Waals surface area contributed by atoms with Crippen LogP contribution in [0.15, 0.2) is 26.7 Å². The lowest BCUT2D eigenvalue weighted by Gasteiger charge is -2.28. The van der Waals surface area contributed by atoms with Gasteiger partial charge < -0.3 is 30.8 Å². The number of nitrogens with zero attached hydrogens (tertiary/aromatic N) is 2. The van der Waals surface area contributed by atoms with Crippen LogP contribution in [0.25, 0.3) is 0 Å². The van der Waals surface area contributed by atoms with Gasteiger partial charge in [-0.05, 0) is 6.42 Å². The molecule has 0 radical (unpaired) electrons. The molecule has 2 rings (SSSR count). The maximum absolute atomic E-state index is 11.2. The summed E-state index contributed by atoms with van der Waals surface area (Å²) in [5.74, 6) is 0.288. The number of urea groups is 1. The van der Waals surface area contributed by atoms with E-state index >= 15 is 0 Å². The summed E-state index contributed by atoms with van der Waals surface area (Å²) in [6, 6.07) is 0.681. The fourth-order valence-electron chi connectivity index (χ4n) is 1.96. The second kappa shape index (κ2) is 6.41. The number of carbonyl (C=O) groups is 1. The van der Waals surface area contributed by atoms with E-state index in [2.05, 4.69) is 9.98 Å². The molecular weight excluding hydrogens is 315 g/mol. The molecule has 0 saturated carbocycles. The molecule has 1 aliphatic heterocycles. The number of hydrogen-bond acceptors (Lipinski definition) is 6. The van der Waals surface area contributed by atoms with Crippen LogP contribution >= 0.6 is 7.60 Å². The predicted molar refractivity (Wildman–Crippen MR) is 78.7 cm³/mol. The molecule has 1 aliphatic rings. The van der Waals surface area contributed by atoms with Crippen LogP contribution in [-0.4, -0.2) is 34.2 Å². The smallest absolute Gasteiger partial charge is 0.368 e. The maximum atomic E-state index is 11.2. The topological polar surface area (TPSA) is 183 Å². The zero-order valence-corrected chi connectivity index (χ0v) is 12.7. The van der Waals surface area contributed by atoms with Crippen molar-refractivity contribution in [2.45, 2.75) is 18.8 Å². The van der Waals surface area contributed by atoms with Crippen LogP contribution in [0.3, 0.4) is 0 Å². The van der Waals surface area contributed by atoms with E-state index in [4.69, 9.17) is 24.7 Å². The van der Waals surface area contributed by atoms with Crippen molar-refractivity contribution in [1.82, 2.24) is 6.15 Å². The standard InChI is InChI=1S/C11H14N3O6P.H3N/c1-2-11(5-13-10(15)14-9(11)12)8-7(3-4-19-8)20-6-21(16,17)18;/h3-5H,2,6H2,1H3,(H2,12,14,15)(H2,16,17,18);1H3. The average molecular weight is 332 g/mol. The summed E-state index contributed by atoms with van der Waals surface area (Å²) in [7, 11) is -4.34. The fourth-order valence-corrected chi connectivity index (χ4v) is 2.27. The molecule has 1 aromatic rings. The number of amidine groups is 1. The molecule has 2 amide bonds. The Morgan fingerprint density at radius 3 is 2.73 bits per heavy atom. The molecule has 2 heterocycles. The number of carbonyl (C=O) groups excluding carboxylic acids is 1. The molecule has 122 valence electrons. The van der Waals surface area contributed by atoms with Crippen molar-refractivity contribution in [3.8, 4) is 5.75 Å². The lowest BCUT2D eigenvalue weighted by atomic mass is 9.81. The van der Waals surface area contributed by atoms with Gasteiger partial charge in [0.1, 0.15) is 11.3 Å². The minimum atomic E-state index is -4.34. The quantitative estimate of drug-likeness (QED) is 0.579. The number of hydrogen-bond donors (Lipinski definition) is 4. The molecule has 7 N–H and O–H groups in total. The van der Waals surface area contributed by atoms with E-state index < -0.39 is 25.4 Å². The number of amides is 2. The van der Waals surface area contributed by atoms with E-state index in [-0.39, 0.29) is 23.5 Å². The maximum Gasteiger partial charge on any atom is 0.368 e. The highest BCUT2D eigenvalue weighted by Gasteiger charge is 2.42. The zero-order chi connectivity index (χ0) is 15.7. The molecule has 0 fully saturated rings. The van der Waals surface area contributed by atoms with Gasteiger partial charge >= 0.3 is 13.6 Å². The van der Waals surface area contributed by atoms with Crippen molar-refractivity contribution in [2.75, 3.05) is 6.35 Å². The van der Waals surface area contributed by atoms with Crippen LogP contribution in [-0.2, 0) is 9.98 Å². The van der Waals surface area contributed by atoms with E-state index in [1.165, 1.54) is 18.5 Å². The Balaban J connectivity index is 0.00000242. The molecule has 0 saturated heterocycles. The SMILES string of the molecule is CCC1(c2occc2OCP(=O)(O)O)C=NC(=O)N=C1N.N. The fraction of sp³-hybridized carbons (Fsp3) is 0.364. The van der Waals surface area contributed by atoms with Gasteiger partial charge in [-0.25, -0.2) is 9.79 Å². The second-order valence-electron chi connectivity index (χ2n) is 4.41. The normalized spacial score (nSPS) is 21.2. The predicted octanol–water partition coefficient (Wildman–Crippen LogP) is 1.16. The summed E-state index contributed by atoms with van der Waals surface area (Å²) < 4.78 is 21.3. The minimum Gasteiger partial charge on any atom is -0.477 e. The van der Waals surface area contributed by atoms with Crippen molar-refractivity contribution in [3.63, 3.8) is 0 Å². The first-order chi connectivity index (χ1) is 9.78.